The van der Waals surface area contributed by atoms with E-state index in [4.69, 9.17) is 38.3 Å². The van der Waals surface area contributed by atoms with Gasteiger partial charge in [0, 0.05) is 42.4 Å². The Kier molecular flexibility index (Phi) is 34.9. The zero-order chi connectivity index (χ0) is 91.3. The van der Waals surface area contributed by atoms with E-state index in [0.717, 1.165) is 23.8 Å². The molecule has 0 bridgehead atoms. The molecule has 124 heavy (non-hydrogen) atoms. The Labute approximate surface area is 715 Å². The number of esters is 5. The van der Waals surface area contributed by atoms with Crippen molar-refractivity contribution in [1.82, 2.24) is 39.1 Å². The Bertz CT molecular complexity index is 6230. The third-order valence-electron chi connectivity index (χ3n) is 17.2. The molecule has 7 N–H and O–H groups in total. The van der Waals surface area contributed by atoms with Crippen molar-refractivity contribution in [2.45, 2.75) is 90.0 Å². The van der Waals surface area contributed by atoms with E-state index in [1.807, 2.05) is 6.92 Å². The number of aromatic nitrogens is 8. The molecule has 0 unspecified atom stereocenters. The highest BCUT2D eigenvalue weighted by molar-refractivity contribution is 7.11. The van der Waals surface area contributed by atoms with Gasteiger partial charge in [-0.1, -0.05) is 0 Å². The topological polar surface area (TPSA) is 498 Å². The number of hydrogen-bond acceptors (Lipinski definition) is 33. The molecule has 0 aliphatic carbocycles. The Morgan fingerprint density at radius 3 is 0.935 bits per heavy atom. The van der Waals surface area contributed by atoms with E-state index in [2.05, 4.69) is 40.9 Å². The number of methoxy groups -OCH3 is 2. The lowest BCUT2D eigenvalue weighted by molar-refractivity contribution is -0.139. The minimum atomic E-state index is -1.19. The molecule has 12 aromatic rings. The summed E-state index contributed by atoms with van der Waals surface area (Å²) in [5.41, 5.74) is 3.28. The van der Waals surface area contributed by atoms with E-state index >= 15 is 0 Å². The first-order chi connectivity index (χ1) is 59.1. The number of phenolic OH excluding ortho intramolecular Hbond substituents is 4. The number of benzene rings is 6. The number of carbonyl (C=O) groups is 6. The summed E-state index contributed by atoms with van der Waals surface area (Å²) in [6, 6.07) is 37.4. The summed E-state index contributed by atoms with van der Waals surface area (Å²) in [6.45, 7) is 22.5. The molecule has 0 spiro atoms. The summed E-state index contributed by atoms with van der Waals surface area (Å²) in [4.78, 5) is 122. The number of aryl methyl sites for hydroxylation is 2. The van der Waals surface area contributed by atoms with Crippen LogP contribution < -0.4 is 31.7 Å². The minimum absolute atomic E-state index is 0.0537. The van der Waals surface area contributed by atoms with E-state index in [-0.39, 0.29) is 124 Å². The van der Waals surface area contributed by atoms with Gasteiger partial charge in [-0.25, -0.2) is 28.8 Å². The van der Waals surface area contributed by atoms with Crippen LogP contribution in [0.15, 0.2) is 219 Å². The van der Waals surface area contributed by atoms with Crippen molar-refractivity contribution < 1.29 is 97.7 Å². The zero-order valence-electron chi connectivity index (χ0n) is 69.8. The van der Waals surface area contributed by atoms with E-state index in [1.54, 1.807) is 167 Å². The zero-order valence-corrected chi connectivity index (χ0v) is 71.4. The van der Waals surface area contributed by atoms with E-state index in [1.165, 1.54) is 114 Å². The number of phenols is 4. The van der Waals surface area contributed by atoms with Crippen LogP contribution in [0.1, 0.15) is 122 Å². The van der Waals surface area contributed by atoms with Gasteiger partial charge in [0.2, 0.25) is 11.4 Å². The summed E-state index contributed by atoms with van der Waals surface area (Å²) in [5, 5.41) is 101. The number of carbonyl (C=O) groups excluding carboxylic acids is 5. The SMILES string of the molecule is CCOC(=O)C(N=Nc1ccc(O)cc1)=C(C)O.CCOC(=O)C(N=Nc1ccc(OC)cc1)=C(C)O.CCOC(=O)c1nn(-c2ccc(O)cc2)c(=O)c(C)c1C.CCOC(=O)c1nn(-c2ccc(O)cc2)c(=O)c2c(C)scc12.CCOC(=O)c1nn(-c2ccc(OC)cc2)c(=O)c(C)c1C.Cc1scc2c(C(=O)O)nn(-c3ccc(O)cc3)c(=O)c12. The van der Waals surface area contributed by atoms with Crippen LogP contribution in [0.5, 0.6) is 34.5 Å². The monoisotopic (exact) mass is 1740 g/mol. The number of aromatic carboxylic acids is 1. The van der Waals surface area contributed by atoms with Crippen LogP contribution in [-0.4, -0.2) is 158 Å². The second kappa shape index (κ2) is 45.2. The van der Waals surface area contributed by atoms with Gasteiger partial charge in [-0.3, -0.25) is 19.2 Å². The lowest BCUT2D eigenvalue weighted by Gasteiger charge is -2.12. The van der Waals surface area contributed by atoms with Crippen molar-refractivity contribution >= 4 is 91.4 Å². The van der Waals surface area contributed by atoms with Crippen LogP contribution >= 0.6 is 22.7 Å². The molecule has 0 aliphatic heterocycles. The second-order valence-electron chi connectivity index (χ2n) is 25.6. The highest BCUT2D eigenvalue weighted by Gasteiger charge is 2.25. The maximum absolute atomic E-state index is 12.7. The van der Waals surface area contributed by atoms with Crippen LogP contribution in [0.2, 0.25) is 0 Å². The fourth-order valence-electron chi connectivity index (χ4n) is 10.6. The number of hydrogen-bond donors (Lipinski definition) is 7. The molecule has 0 saturated carbocycles. The first kappa shape index (κ1) is 95.8. The Morgan fingerprint density at radius 1 is 0.363 bits per heavy atom. The predicted molar refractivity (Wildman–Crippen MR) is 459 cm³/mol. The lowest BCUT2D eigenvalue weighted by atomic mass is 10.1. The third-order valence-corrected chi connectivity index (χ3v) is 19.0. The Hall–Kier alpha value is -15.3. The number of fused-ring (bicyclic) bond motifs is 2. The molecule has 0 atom stereocenters. The number of azo groups is 2. The molecule has 0 saturated heterocycles. The van der Waals surface area contributed by atoms with Crippen LogP contribution in [0, 0.1) is 41.5 Å². The molecule has 0 radical (unpaired) electrons. The number of aliphatic hydroxyl groups is 2. The van der Waals surface area contributed by atoms with Gasteiger partial charge in [-0.05, 0) is 247 Å². The Morgan fingerprint density at radius 2 is 0.629 bits per heavy atom. The normalized spacial score (nSPS) is 11.1. The third kappa shape index (κ3) is 24.7. The van der Waals surface area contributed by atoms with Crippen LogP contribution in [0.4, 0.5) is 11.4 Å². The van der Waals surface area contributed by atoms with Crippen molar-refractivity contribution in [2.24, 2.45) is 20.5 Å². The number of aliphatic hydroxyl groups excluding tert-OH is 2. The maximum Gasteiger partial charge on any atom is 0.362 e. The van der Waals surface area contributed by atoms with Crippen LogP contribution in [0.25, 0.3) is 44.3 Å². The highest BCUT2D eigenvalue weighted by atomic mass is 32.1. The average Bonchev–Trinajstić information content (AvgIpc) is 1.63. The summed E-state index contributed by atoms with van der Waals surface area (Å²) >= 11 is 2.70. The molecule has 648 valence electrons. The number of ether oxygens (including phenoxy) is 7. The molecule has 0 fully saturated rings. The molecule has 36 nitrogen and oxygen atoms in total. The van der Waals surface area contributed by atoms with Gasteiger partial charge >= 0.3 is 35.8 Å². The summed E-state index contributed by atoms with van der Waals surface area (Å²) in [6.07, 6.45) is 0. The van der Waals surface area contributed by atoms with Crippen molar-refractivity contribution in [2.75, 3.05) is 47.3 Å². The maximum atomic E-state index is 12.7. The van der Waals surface area contributed by atoms with Gasteiger partial charge in [0.05, 0.1) is 92.2 Å². The predicted octanol–water partition coefficient (Wildman–Crippen LogP) is 14.5. The molecule has 6 aromatic heterocycles. The van der Waals surface area contributed by atoms with Gasteiger partial charge in [-0.15, -0.1) is 32.9 Å². The quantitative estimate of drug-likeness (QED) is 0.0115. The average molecular weight is 1740 g/mol. The number of nitrogens with zero attached hydrogens (tertiary/aromatic N) is 12. The van der Waals surface area contributed by atoms with Gasteiger partial charge in [-0.2, -0.15) is 49.4 Å². The second-order valence-corrected chi connectivity index (χ2v) is 27.7. The van der Waals surface area contributed by atoms with E-state index in [9.17, 15) is 78.6 Å². The fraction of sp³-hybridized carbons (Fsp3) is 0.233. The standard InChI is InChI=1S/C16H14N2O4S.C16H18N2O4.C15H16N2O4.C14H10N2O4S.C13H16N2O4.C12H14N2O4/c1-3-22-16(21)14-12-8-23-9(2)13(12)15(20)18(17-14)10-4-6-11(19)7-5-10;1-5-22-16(20)14-10(2)11(3)15(19)18(17-14)12-6-8-13(21-4)9-7-12;1-4-21-15(20)13-9(2)10(3)14(19)17(16-13)11-5-7-12(18)8-6-11;1-7-11-10(6-21-7)12(14(19)20)15-16(13(11)18)8-2-4-9(17)5-3-8;1-4-19-13(17)12(9(2)16)15-14-10-5-7-11(18-3)8-6-10;1-3-18-12(17)11(8(2)15)14-13-9-4-6-10(16)7-5-9/h4-8,19H,3H2,1-2H3;6-9H,5H2,1-4H3;5-8,18H,4H2,1-3H3;2-6,17H,1H3,(H,19,20);5-8,16H,4H2,1-3H3;4-7,15-16H,3H2,1-2H3. The number of thiophene rings is 2. The molecule has 12 rings (SSSR count). The number of carboxylic acids is 1. The van der Waals surface area contributed by atoms with E-state index in [0.29, 0.717) is 89.4 Å². The fourth-order valence-corrected chi connectivity index (χ4v) is 12.3. The molecule has 0 aliphatic rings. The largest absolute Gasteiger partial charge is 0.510 e. The minimum Gasteiger partial charge on any atom is -0.510 e. The van der Waals surface area contributed by atoms with Gasteiger partial charge in [0.1, 0.15) is 46.0 Å². The Balaban J connectivity index is 0.000000205. The van der Waals surface area contributed by atoms with E-state index < -0.39 is 35.8 Å². The van der Waals surface area contributed by atoms with Crippen molar-refractivity contribution in [3.8, 4) is 57.2 Å². The summed E-state index contributed by atoms with van der Waals surface area (Å²) < 4.78 is 39.1. The van der Waals surface area contributed by atoms with Crippen molar-refractivity contribution in [1.29, 1.82) is 0 Å². The summed E-state index contributed by atoms with van der Waals surface area (Å²) in [5.74, 6) is -3.12. The summed E-state index contributed by atoms with van der Waals surface area (Å²) in [7, 11) is 3.13. The van der Waals surface area contributed by atoms with Crippen LogP contribution in [0.3, 0.4) is 0 Å². The molecule has 0 amide bonds. The van der Waals surface area contributed by atoms with Gasteiger partial charge in [0.25, 0.3) is 22.2 Å². The number of rotatable bonds is 21. The van der Waals surface area contributed by atoms with Crippen molar-refractivity contribution in [3.05, 3.63) is 275 Å². The smallest absolute Gasteiger partial charge is 0.362 e. The highest BCUT2D eigenvalue weighted by Crippen LogP contribution is 2.29. The molecular formula is C86H88N12O24S2. The van der Waals surface area contributed by atoms with Crippen molar-refractivity contribution in [3.63, 3.8) is 0 Å². The first-order valence-corrected chi connectivity index (χ1v) is 39.3. The first-order valence-electron chi connectivity index (χ1n) is 37.5. The van der Waals surface area contributed by atoms with Gasteiger partial charge < -0.3 is 68.9 Å². The number of allylic oxidation sites excluding steroid dienone is 2. The molecule has 38 heteroatoms. The van der Waals surface area contributed by atoms with Gasteiger partial charge in [0.15, 0.2) is 22.8 Å². The van der Waals surface area contributed by atoms with Crippen LogP contribution in [-0.2, 0) is 33.3 Å². The molecule has 6 aromatic carbocycles. The lowest BCUT2D eigenvalue weighted by Crippen LogP contribution is -2.28. The number of carboxylic acid groups (broad SMARTS) is 1. The molecule has 6 heterocycles. The molecular weight excluding hydrogens is 1650 g/mol. The number of aromatic hydroxyl groups is 4.